The van der Waals surface area contributed by atoms with Crippen LogP contribution < -0.4 is 10.6 Å². The highest BCUT2D eigenvalue weighted by Crippen LogP contribution is 2.25. The molecule has 0 amide bonds. The van der Waals surface area contributed by atoms with Crippen molar-refractivity contribution in [3.05, 3.63) is 72.9 Å². The average Bonchev–Trinajstić information content (AvgIpc) is 2.79. The highest BCUT2D eigenvalue weighted by atomic mass is 35.5. The molecule has 0 saturated carbocycles. The molecule has 2 aromatic rings. The third kappa shape index (κ3) is 12.5. The summed E-state index contributed by atoms with van der Waals surface area (Å²) in [5, 5.41) is 5.42. The van der Waals surface area contributed by atoms with Gasteiger partial charge in [-0.1, -0.05) is 56.1 Å². The number of halogens is 1. The van der Waals surface area contributed by atoms with Crippen LogP contribution in [0.15, 0.2) is 72.9 Å². The number of hydrogen-bond donors (Lipinski definition) is 1. The molecule has 0 radical (unpaired) electrons. The number of nitrogens with one attached hydrogen (secondary N) is 1. The number of anilines is 1. The van der Waals surface area contributed by atoms with E-state index in [1.165, 1.54) is 24.1 Å². The number of hydrogen-bond acceptors (Lipinski definition) is 2. The zero-order valence-corrected chi connectivity index (χ0v) is 21.8. The standard InChI is InChI=1S/C16H19ClNP.C9H17N.C2H4/c1-3-11(2)18-14-6-4-5-12(9-14)15-10-13(17)7-8-16(15)19;1-4-6-7-9(3)10-8-5-2;1-2/h4-11,18H,3,19H2,1-2H3;5,8H,4,6-7H2,1-3H3;1-2H2/b;8-5-,10-9?;. The minimum Gasteiger partial charge on any atom is -0.383 e. The summed E-state index contributed by atoms with van der Waals surface area (Å²) in [5.74, 6) is 0. The van der Waals surface area contributed by atoms with E-state index in [-0.39, 0.29) is 0 Å². The van der Waals surface area contributed by atoms with Gasteiger partial charge in [0.15, 0.2) is 0 Å². The van der Waals surface area contributed by atoms with E-state index in [9.17, 15) is 0 Å². The number of rotatable bonds is 8. The van der Waals surface area contributed by atoms with Crippen LogP contribution in [0.3, 0.4) is 0 Å². The SMILES string of the molecule is C/C=C\N=C(C)CCCC.C=C.CCC(C)Nc1cccc(-c2cc(Cl)ccc2P)c1. The van der Waals surface area contributed by atoms with E-state index >= 15 is 0 Å². The lowest BCUT2D eigenvalue weighted by Gasteiger charge is -2.14. The second-order valence-corrected chi connectivity index (χ2v) is 8.27. The van der Waals surface area contributed by atoms with E-state index < -0.39 is 0 Å². The Kier molecular flexibility index (Phi) is 16.7. The molecule has 0 aliphatic carbocycles. The topological polar surface area (TPSA) is 24.4 Å². The molecule has 31 heavy (non-hydrogen) atoms. The molecule has 0 fully saturated rings. The summed E-state index contributed by atoms with van der Waals surface area (Å²) in [6, 6.07) is 14.9. The zero-order valence-electron chi connectivity index (χ0n) is 19.9. The van der Waals surface area contributed by atoms with E-state index in [1.807, 2.05) is 37.4 Å². The summed E-state index contributed by atoms with van der Waals surface area (Å²) < 4.78 is 0. The molecular formula is C27H40ClN2P. The Bertz CT molecular complexity index is 815. The fourth-order valence-electron chi connectivity index (χ4n) is 2.64. The van der Waals surface area contributed by atoms with Gasteiger partial charge in [-0.05, 0) is 80.7 Å². The van der Waals surface area contributed by atoms with Gasteiger partial charge in [-0.3, -0.25) is 4.99 Å². The maximum absolute atomic E-state index is 6.09. The van der Waals surface area contributed by atoms with Crippen molar-refractivity contribution in [1.29, 1.82) is 0 Å². The van der Waals surface area contributed by atoms with Gasteiger partial charge in [0.05, 0.1) is 0 Å². The fourth-order valence-corrected chi connectivity index (χ4v) is 3.16. The zero-order chi connectivity index (χ0) is 23.6. The summed E-state index contributed by atoms with van der Waals surface area (Å²) >= 11 is 6.09. The van der Waals surface area contributed by atoms with Crippen molar-refractivity contribution in [1.82, 2.24) is 0 Å². The summed E-state index contributed by atoms with van der Waals surface area (Å²) in [4.78, 5) is 4.22. The average molecular weight is 459 g/mol. The van der Waals surface area contributed by atoms with Gasteiger partial charge in [0, 0.05) is 28.7 Å². The van der Waals surface area contributed by atoms with Gasteiger partial charge in [-0.15, -0.1) is 22.4 Å². The molecule has 1 N–H and O–H groups in total. The minimum atomic E-state index is 0.477. The molecule has 0 aliphatic rings. The Morgan fingerprint density at radius 1 is 1.19 bits per heavy atom. The Morgan fingerprint density at radius 3 is 2.52 bits per heavy atom. The third-order valence-corrected chi connectivity index (χ3v) is 5.29. The molecule has 170 valence electrons. The van der Waals surface area contributed by atoms with Crippen LogP contribution in [-0.4, -0.2) is 11.8 Å². The van der Waals surface area contributed by atoms with Crippen LogP contribution in [0.25, 0.3) is 11.1 Å². The van der Waals surface area contributed by atoms with Crippen LogP contribution in [0.2, 0.25) is 5.02 Å². The van der Waals surface area contributed by atoms with Gasteiger partial charge in [0.25, 0.3) is 0 Å². The van der Waals surface area contributed by atoms with Crippen LogP contribution >= 0.6 is 20.8 Å². The molecule has 0 aromatic heterocycles. The predicted octanol–water partition coefficient (Wildman–Crippen LogP) is 8.69. The van der Waals surface area contributed by atoms with Crippen molar-refractivity contribution in [3.63, 3.8) is 0 Å². The van der Waals surface area contributed by atoms with Crippen molar-refractivity contribution >= 4 is 37.5 Å². The molecule has 2 nitrogen and oxygen atoms in total. The molecular weight excluding hydrogens is 419 g/mol. The summed E-state index contributed by atoms with van der Waals surface area (Å²) in [6.45, 7) is 16.6. The van der Waals surface area contributed by atoms with Crippen LogP contribution in [0.5, 0.6) is 0 Å². The molecule has 2 unspecified atom stereocenters. The van der Waals surface area contributed by atoms with Crippen LogP contribution in [0.4, 0.5) is 5.69 Å². The molecule has 2 rings (SSSR count). The first kappa shape index (κ1) is 29.1. The van der Waals surface area contributed by atoms with Crippen LogP contribution in [0.1, 0.15) is 60.3 Å². The Labute approximate surface area is 198 Å². The van der Waals surface area contributed by atoms with Crippen molar-refractivity contribution in [2.75, 3.05) is 5.32 Å². The van der Waals surface area contributed by atoms with E-state index in [2.05, 4.69) is 84.7 Å². The Morgan fingerprint density at radius 2 is 1.90 bits per heavy atom. The number of nitrogens with zero attached hydrogens (tertiary/aromatic N) is 1. The number of benzene rings is 2. The number of allylic oxidation sites excluding steroid dienone is 1. The van der Waals surface area contributed by atoms with Crippen molar-refractivity contribution < 1.29 is 0 Å². The summed E-state index contributed by atoms with van der Waals surface area (Å²) in [6.07, 6.45) is 8.56. The molecule has 4 heteroatoms. The van der Waals surface area contributed by atoms with Crippen molar-refractivity contribution in [2.24, 2.45) is 4.99 Å². The normalized spacial score (nSPS) is 11.8. The Balaban J connectivity index is 0.000000639. The third-order valence-electron chi connectivity index (χ3n) is 4.55. The molecule has 0 aliphatic heterocycles. The van der Waals surface area contributed by atoms with E-state index in [4.69, 9.17) is 11.6 Å². The molecule has 0 bridgehead atoms. The maximum atomic E-state index is 6.09. The van der Waals surface area contributed by atoms with E-state index in [1.54, 1.807) is 0 Å². The summed E-state index contributed by atoms with van der Waals surface area (Å²) in [5.41, 5.74) is 4.72. The fraction of sp³-hybridized carbons (Fsp3) is 0.370. The second kappa shape index (κ2) is 17.8. The van der Waals surface area contributed by atoms with Gasteiger partial charge in [-0.25, -0.2) is 0 Å². The first-order valence-electron chi connectivity index (χ1n) is 11.0. The van der Waals surface area contributed by atoms with Crippen molar-refractivity contribution in [2.45, 2.75) is 66.3 Å². The molecule has 0 saturated heterocycles. The smallest absolute Gasteiger partial charge is 0.0412 e. The first-order valence-corrected chi connectivity index (χ1v) is 11.9. The number of unbranched alkanes of at least 4 members (excludes halogenated alkanes) is 1. The van der Waals surface area contributed by atoms with Crippen LogP contribution in [0, 0.1) is 0 Å². The van der Waals surface area contributed by atoms with Crippen LogP contribution in [-0.2, 0) is 0 Å². The molecule has 0 spiro atoms. The lowest BCUT2D eigenvalue weighted by atomic mass is 10.0. The summed E-state index contributed by atoms with van der Waals surface area (Å²) in [7, 11) is 2.76. The second-order valence-electron chi connectivity index (χ2n) is 7.22. The predicted molar refractivity (Wildman–Crippen MR) is 148 cm³/mol. The highest BCUT2D eigenvalue weighted by Gasteiger charge is 2.05. The van der Waals surface area contributed by atoms with E-state index in [0.717, 1.165) is 34.4 Å². The number of aliphatic imine (C=N–C) groups is 1. The molecule has 2 aromatic carbocycles. The Hall–Kier alpha value is -1.89. The molecule has 2 atom stereocenters. The van der Waals surface area contributed by atoms with E-state index in [0.29, 0.717) is 6.04 Å². The van der Waals surface area contributed by atoms with Gasteiger partial charge in [0.2, 0.25) is 0 Å². The lowest BCUT2D eigenvalue weighted by molar-refractivity contribution is 0.764. The minimum absolute atomic E-state index is 0.477. The van der Waals surface area contributed by atoms with Gasteiger partial charge in [0.1, 0.15) is 0 Å². The van der Waals surface area contributed by atoms with Gasteiger partial charge >= 0.3 is 0 Å². The lowest BCUT2D eigenvalue weighted by Crippen LogP contribution is -2.13. The van der Waals surface area contributed by atoms with Crippen molar-refractivity contribution in [3.8, 4) is 11.1 Å². The highest BCUT2D eigenvalue weighted by molar-refractivity contribution is 7.28. The van der Waals surface area contributed by atoms with Gasteiger partial charge < -0.3 is 5.32 Å². The quantitative estimate of drug-likeness (QED) is 0.239. The monoisotopic (exact) mass is 458 g/mol. The molecule has 0 heterocycles. The largest absolute Gasteiger partial charge is 0.383 e. The van der Waals surface area contributed by atoms with Gasteiger partial charge in [-0.2, -0.15) is 0 Å². The maximum Gasteiger partial charge on any atom is 0.0412 e. The first-order chi connectivity index (χ1) is 14.9.